The number of nitrogens with zero attached hydrogens (tertiary/aromatic N) is 2. The van der Waals surface area contributed by atoms with E-state index in [-0.39, 0.29) is 5.60 Å². The van der Waals surface area contributed by atoms with Crippen molar-refractivity contribution in [3.63, 3.8) is 0 Å². The third-order valence-corrected chi connectivity index (χ3v) is 5.58. The molecule has 1 N–H and O–H groups in total. The summed E-state index contributed by atoms with van der Waals surface area (Å²) in [5, 5.41) is 8.10. The Morgan fingerprint density at radius 2 is 2.17 bits per heavy atom. The summed E-state index contributed by atoms with van der Waals surface area (Å²) < 4.78 is 8.27. The van der Waals surface area contributed by atoms with Crippen molar-refractivity contribution in [2.45, 2.75) is 50.7 Å². The highest BCUT2D eigenvalue weighted by Gasteiger charge is 2.45. The van der Waals surface area contributed by atoms with Gasteiger partial charge in [-0.25, -0.2) is 0 Å². The molecule has 0 amide bonds. The predicted molar refractivity (Wildman–Crippen MR) is 90.7 cm³/mol. The zero-order valence-corrected chi connectivity index (χ0v) is 14.0. The Balaban J connectivity index is 1.46. The predicted octanol–water partition coefficient (Wildman–Crippen LogP) is 3.31. The monoisotopic (exact) mass is 311 g/mol. The Morgan fingerprint density at radius 1 is 1.35 bits per heavy atom. The van der Waals surface area contributed by atoms with Crippen LogP contribution < -0.4 is 10.1 Å². The van der Waals surface area contributed by atoms with Crippen molar-refractivity contribution in [3.8, 4) is 5.75 Å². The van der Waals surface area contributed by atoms with Gasteiger partial charge in [0.05, 0.1) is 6.20 Å². The van der Waals surface area contributed by atoms with Crippen molar-refractivity contribution < 1.29 is 4.74 Å². The maximum atomic E-state index is 6.32. The normalized spacial score (nSPS) is 21.6. The first-order valence-electron chi connectivity index (χ1n) is 8.66. The molecule has 122 valence electrons. The molecule has 1 aliphatic carbocycles. The van der Waals surface area contributed by atoms with Gasteiger partial charge in [0.25, 0.3) is 0 Å². The third kappa shape index (κ3) is 2.65. The lowest BCUT2D eigenvalue weighted by Gasteiger charge is -2.48. The summed E-state index contributed by atoms with van der Waals surface area (Å²) in [5.74, 6) is 1.08. The fraction of sp³-hybridized carbons (Fsp3) is 0.526. The van der Waals surface area contributed by atoms with Gasteiger partial charge < -0.3 is 10.1 Å². The maximum absolute atomic E-state index is 6.32. The minimum absolute atomic E-state index is 0.0935. The quantitative estimate of drug-likeness (QED) is 0.941. The first-order chi connectivity index (χ1) is 11.2. The van der Waals surface area contributed by atoms with Crippen molar-refractivity contribution in [1.29, 1.82) is 0 Å². The van der Waals surface area contributed by atoms with Crippen LogP contribution in [0.5, 0.6) is 5.75 Å². The summed E-state index contributed by atoms with van der Waals surface area (Å²) in [6.07, 6.45) is 7.79. The SMILES string of the molecule is Cc1c(CCNC2CC3(CCC3)Oc3ccccc32)cnn1C. The number of fused-ring (bicyclic) bond motifs is 1. The number of ether oxygens (including phenoxy) is 1. The molecule has 1 aromatic heterocycles. The van der Waals surface area contributed by atoms with E-state index in [0.29, 0.717) is 6.04 Å². The molecule has 4 heteroatoms. The summed E-state index contributed by atoms with van der Waals surface area (Å²) in [7, 11) is 2.00. The Bertz CT molecular complexity index is 702. The zero-order chi connectivity index (χ0) is 15.9. The van der Waals surface area contributed by atoms with Gasteiger partial charge in [-0.05, 0) is 50.8 Å². The van der Waals surface area contributed by atoms with E-state index in [9.17, 15) is 0 Å². The van der Waals surface area contributed by atoms with Crippen LogP contribution in [0.25, 0.3) is 0 Å². The van der Waals surface area contributed by atoms with Gasteiger partial charge in [0, 0.05) is 30.8 Å². The lowest BCUT2D eigenvalue weighted by Crippen LogP contribution is -2.49. The van der Waals surface area contributed by atoms with E-state index in [0.717, 1.165) is 25.1 Å². The summed E-state index contributed by atoms with van der Waals surface area (Å²) in [4.78, 5) is 0. The van der Waals surface area contributed by atoms with Crippen LogP contribution >= 0.6 is 0 Å². The van der Waals surface area contributed by atoms with Crippen molar-refractivity contribution in [3.05, 3.63) is 47.3 Å². The number of aromatic nitrogens is 2. The molecule has 1 aliphatic heterocycles. The highest BCUT2D eigenvalue weighted by atomic mass is 16.5. The number of aryl methyl sites for hydroxylation is 1. The van der Waals surface area contributed by atoms with E-state index in [4.69, 9.17) is 4.74 Å². The number of rotatable bonds is 4. The molecular formula is C19H25N3O. The molecule has 2 aromatic rings. The smallest absolute Gasteiger partial charge is 0.124 e. The van der Waals surface area contributed by atoms with Crippen molar-refractivity contribution >= 4 is 0 Å². The minimum Gasteiger partial charge on any atom is -0.487 e. The molecule has 4 rings (SSSR count). The maximum Gasteiger partial charge on any atom is 0.124 e. The average molecular weight is 311 g/mol. The van der Waals surface area contributed by atoms with Gasteiger partial charge in [0.1, 0.15) is 11.4 Å². The number of benzene rings is 1. The Labute approximate surface area is 137 Å². The molecule has 1 atom stereocenters. The van der Waals surface area contributed by atoms with Gasteiger partial charge in [-0.3, -0.25) is 4.68 Å². The zero-order valence-electron chi connectivity index (χ0n) is 14.0. The fourth-order valence-corrected chi connectivity index (χ4v) is 3.85. The number of hydrogen-bond acceptors (Lipinski definition) is 3. The van der Waals surface area contributed by atoms with Crippen LogP contribution in [0.15, 0.2) is 30.5 Å². The van der Waals surface area contributed by atoms with Crippen LogP contribution in [-0.4, -0.2) is 21.9 Å². The topological polar surface area (TPSA) is 39.1 Å². The number of para-hydroxylation sites is 1. The molecule has 2 aliphatic rings. The molecule has 1 saturated carbocycles. The van der Waals surface area contributed by atoms with Crippen LogP contribution in [0.1, 0.15) is 48.5 Å². The van der Waals surface area contributed by atoms with E-state index in [1.165, 1.54) is 36.1 Å². The molecule has 0 radical (unpaired) electrons. The second-order valence-corrected chi connectivity index (χ2v) is 7.02. The summed E-state index contributed by atoms with van der Waals surface area (Å²) in [5.41, 5.74) is 4.00. The van der Waals surface area contributed by atoms with Crippen molar-refractivity contribution in [2.24, 2.45) is 7.05 Å². The molecule has 0 saturated heterocycles. The molecule has 1 fully saturated rings. The number of nitrogens with one attached hydrogen (secondary N) is 1. The largest absolute Gasteiger partial charge is 0.487 e. The Kier molecular flexibility index (Phi) is 3.64. The van der Waals surface area contributed by atoms with Crippen molar-refractivity contribution in [1.82, 2.24) is 15.1 Å². The molecular weight excluding hydrogens is 286 g/mol. The second kappa shape index (κ2) is 5.68. The third-order valence-electron chi connectivity index (χ3n) is 5.58. The van der Waals surface area contributed by atoms with Gasteiger partial charge in [-0.2, -0.15) is 5.10 Å². The average Bonchev–Trinajstić information content (AvgIpc) is 2.85. The van der Waals surface area contributed by atoms with E-state index in [1.807, 2.05) is 17.9 Å². The van der Waals surface area contributed by atoms with Crippen LogP contribution in [-0.2, 0) is 13.5 Å². The van der Waals surface area contributed by atoms with E-state index >= 15 is 0 Å². The Morgan fingerprint density at radius 3 is 2.87 bits per heavy atom. The van der Waals surface area contributed by atoms with Gasteiger partial charge in [0.15, 0.2) is 0 Å². The molecule has 1 aromatic carbocycles. The lowest BCUT2D eigenvalue weighted by atomic mass is 9.73. The van der Waals surface area contributed by atoms with Gasteiger partial charge in [0.2, 0.25) is 0 Å². The second-order valence-electron chi connectivity index (χ2n) is 7.02. The first-order valence-corrected chi connectivity index (χ1v) is 8.66. The molecule has 2 heterocycles. The minimum atomic E-state index is 0.0935. The van der Waals surface area contributed by atoms with E-state index in [1.54, 1.807) is 0 Å². The van der Waals surface area contributed by atoms with Crippen LogP contribution in [0.2, 0.25) is 0 Å². The van der Waals surface area contributed by atoms with Gasteiger partial charge in [-0.15, -0.1) is 0 Å². The lowest BCUT2D eigenvalue weighted by molar-refractivity contribution is -0.0368. The molecule has 4 nitrogen and oxygen atoms in total. The van der Waals surface area contributed by atoms with Crippen LogP contribution in [0.4, 0.5) is 0 Å². The summed E-state index contributed by atoms with van der Waals surface area (Å²) >= 11 is 0. The van der Waals surface area contributed by atoms with Gasteiger partial charge >= 0.3 is 0 Å². The standard InChI is InChI=1S/C19H25N3O/c1-14-15(13-21-22(14)2)8-11-20-17-12-19(9-5-10-19)23-18-7-4-3-6-16(17)18/h3-4,6-7,13,17,20H,5,8-12H2,1-2H3. The first kappa shape index (κ1) is 14.8. The van der Waals surface area contributed by atoms with Gasteiger partial charge in [-0.1, -0.05) is 18.2 Å². The van der Waals surface area contributed by atoms with Crippen LogP contribution in [0.3, 0.4) is 0 Å². The molecule has 1 unspecified atom stereocenters. The Hall–Kier alpha value is -1.81. The fourth-order valence-electron chi connectivity index (χ4n) is 3.85. The molecule has 1 spiro atoms. The number of hydrogen-bond donors (Lipinski definition) is 1. The highest BCUT2D eigenvalue weighted by molar-refractivity contribution is 5.39. The highest BCUT2D eigenvalue weighted by Crippen LogP contribution is 2.48. The summed E-state index contributed by atoms with van der Waals surface area (Å²) in [6, 6.07) is 8.91. The van der Waals surface area contributed by atoms with E-state index < -0.39 is 0 Å². The van der Waals surface area contributed by atoms with Crippen LogP contribution in [0, 0.1) is 6.92 Å². The van der Waals surface area contributed by atoms with E-state index in [2.05, 4.69) is 41.6 Å². The summed E-state index contributed by atoms with van der Waals surface area (Å²) in [6.45, 7) is 3.11. The van der Waals surface area contributed by atoms with Crippen molar-refractivity contribution in [2.75, 3.05) is 6.54 Å². The molecule has 0 bridgehead atoms. The molecule has 23 heavy (non-hydrogen) atoms.